The predicted molar refractivity (Wildman–Crippen MR) is 61.4 cm³/mol. The number of nitrogens with one attached hydrogen (secondary N) is 1. The number of halogens is 1. The van der Waals surface area contributed by atoms with Crippen LogP contribution in [0.3, 0.4) is 0 Å². The molecular weight excluding hydrogens is 250 g/mol. The van der Waals surface area contributed by atoms with Crippen molar-refractivity contribution in [3.8, 4) is 0 Å². The second-order valence-electron chi connectivity index (χ2n) is 3.51. The summed E-state index contributed by atoms with van der Waals surface area (Å²) >= 11 is 5.17. The normalized spacial score (nSPS) is 27.5. The third-order valence-electron chi connectivity index (χ3n) is 2.34. The number of hydrogen-bond donors (Lipinski definition) is 1. The van der Waals surface area contributed by atoms with E-state index in [4.69, 9.17) is 0 Å². The van der Waals surface area contributed by atoms with Crippen molar-refractivity contribution in [1.29, 1.82) is 0 Å². The molecule has 76 valence electrons. The molecule has 2 nitrogen and oxygen atoms in total. The molecule has 13 heavy (non-hydrogen) atoms. The van der Waals surface area contributed by atoms with Gasteiger partial charge in [0.05, 0.1) is 5.75 Å². The van der Waals surface area contributed by atoms with Crippen LogP contribution in [0.25, 0.3) is 0 Å². The number of amides is 1. The van der Waals surface area contributed by atoms with Crippen LogP contribution in [-0.4, -0.2) is 29.3 Å². The molecule has 2 unspecified atom stereocenters. The van der Waals surface area contributed by atoms with Gasteiger partial charge in [0.2, 0.25) is 5.91 Å². The lowest BCUT2D eigenvalue weighted by Gasteiger charge is -2.09. The van der Waals surface area contributed by atoms with Gasteiger partial charge in [0.15, 0.2) is 0 Å². The fourth-order valence-electron chi connectivity index (χ4n) is 1.64. The molecule has 0 aromatic rings. The van der Waals surface area contributed by atoms with E-state index in [-0.39, 0.29) is 5.91 Å². The van der Waals surface area contributed by atoms with E-state index < -0.39 is 0 Å². The quantitative estimate of drug-likeness (QED) is 0.789. The number of carbonyl (C=O) groups is 1. The molecule has 0 saturated heterocycles. The number of rotatable bonds is 4. The van der Waals surface area contributed by atoms with Crippen molar-refractivity contribution in [3.05, 3.63) is 0 Å². The Balaban J connectivity index is 2.09. The van der Waals surface area contributed by atoms with E-state index in [1.165, 1.54) is 19.3 Å². The first-order valence-corrected chi connectivity index (χ1v) is 6.93. The Labute approximate surface area is 92.4 Å². The lowest BCUT2D eigenvalue weighted by molar-refractivity contribution is -0.118. The van der Waals surface area contributed by atoms with Gasteiger partial charge < -0.3 is 5.32 Å². The average Bonchev–Trinajstić information content (AvgIpc) is 2.49. The van der Waals surface area contributed by atoms with Crippen molar-refractivity contribution >= 4 is 33.6 Å². The van der Waals surface area contributed by atoms with Crippen LogP contribution in [0.5, 0.6) is 0 Å². The molecule has 1 N–H and O–H groups in total. The van der Waals surface area contributed by atoms with Gasteiger partial charge in [-0.15, -0.1) is 0 Å². The van der Waals surface area contributed by atoms with Gasteiger partial charge in [0.25, 0.3) is 0 Å². The first kappa shape index (κ1) is 11.4. The maximum atomic E-state index is 11.1. The Hall–Kier alpha value is 0.300. The highest BCUT2D eigenvalue weighted by Gasteiger charge is 2.22. The molecule has 0 aliphatic heterocycles. The summed E-state index contributed by atoms with van der Waals surface area (Å²) in [6.45, 7) is 0.863. The Kier molecular flexibility index (Phi) is 5.17. The van der Waals surface area contributed by atoms with Crippen molar-refractivity contribution in [2.75, 3.05) is 18.6 Å². The molecule has 0 heterocycles. The van der Waals surface area contributed by atoms with Crippen LogP contribution in [0.1, 0.15) is 19.3 Å². The summed E-state index contributed by atoms with van der Waals surface area (Å²) in [5, 5.41) is 2.97. The molecule has 0 bridgehead atoms. The maximum absolute atomic E-state index is 11.1. The first-order valence-electron chi connectivity index (χ1n) is 4.62. The molecule has 1 saturated carbocycles. The average molecular weight is 266 g/mol. The lowest BCUT2D eigenvalue weighted by atomic mass is 10.1. The fourth-order valence-corrected chi connectivity index (χ4v) is 2.80. The fraction of sp³-hybridized carbons (Fsp3) is 0.889. The molecule has 4 heteroatoms. The minimum atomic E-state index is 0.172. The largest absolute Gasteiger partial charge is 0.355 e. The molecule has 1 rings (SSSR count). The van der Waals surface area contributed by atoms with Gasteiger partial charge in [-0.25, -0.2) is 0 Å². The summed E-state index contributed by atoms with van der Waals surface area (Å²) in [6, 6.07) is 0. The predicted octanol–water partition coefficient (Wildman–Crippen LogP) is 2.03. The molecule has 1 aliphatic carbocycles. The van der Waals surface area contributed by atoms with Crippen LogP contribution in [0.15, 0.2) is 0 Å². The van der Waals surface area contributed by atoms with Gasteiger partial charge >= 0.3 is 0 Å². The van der Waals surface area contributed by atoms with Crippen LogP contribution in [0.4, 0.5) is 0 Å². The molecular formula is C9H16BrNOS. The summed E-state index contributed by atoms with van der Waals surface area (Å²) in [5.74, 6) is 1.45. The van der Waals surface area contributed by atoms with Crippen molar-refractivity contribution in [2.24, 2.45) is 5.92 Å². The third kappa shape index (κ3) is 4.36. The minimum Gasteiger partial charge on any atom is -0.355 e. The van der Waals surface area contributed by atoms with E-state index in [1.807, 2.05) is 6.26 Å². The Morgan fingerprint density at radius 3 is 2.92 bits per heavy atom. The highest BCUT2D eigenvalue weighted by Crippen LogP contribution is 2.29. The van der Waals surface area contributed by atoms with E-state index in [0.29, 0.717) is 16.5 Å². The monoisotopic (exact) mass is 265 g/mol. The molecule has 1 aliphatic rings. The van der Waals surface area contributed by atoms with Gasteiger partial charge in [-0.2, -0.15) is 11.8 Å². The van der Waals surface area contributed by atoms with Crippen LogP contribution >= 0.6 is 27.7 Å². The van der Waals surface area contributed by atoms with Crippen molar-refractivity contribution in [3.63, 3.8) is 0 Å². The Morgan fingerprint density at radius 2 is 2.38 bits per heavy atom. The second kappa shape index (κ2) is 5.91. The molecule has 0 spiro atoms. The highest BCUT2D eigenvalue weighted by molar-refractivity contribution is 9.09. The summed E-state index contributed by atoms with van der Waals surface area (Å²) in [5.41, 5.74) is 0. The molecule has 0 aromatic carbocycles. The minimum absolute atomic E-state index is 0.172. The summed E-state index contributed by atoms with van der Waals surface area (Å²) < 4.78 is 0. The topological polar surface area (TPSA) is 29.1 Å². The molecule has 1 amide bonds. The Morgan fingerprint density at radius 1 is 1.62 bits per heavy atom. The number of hydrogen-bond acceptors (Lipinski definition) is 2. The molecule has 0 aromatic heterocycles. The van der Waals surface area contributed by atoms with Gasteiger partial charge in [-0.1, -0.05) is 15.9 Å². The zero-order chi connectivity index (χ0) is 9.68. The number of carbonyl (C=O) groups excluding carboxylic acids is 1. The first-order chi connectivity index (χ1) is 6.22. The van der Waals surface area contributed by atoms with Crippen LogP contribution in [0.2, 0.25) is 0 Å². The van der Waals surface area contributed by atoms with Crippen molar-refractivity contribution in [1.82, 2.24) is 5.32 Å². The SMILES string of the molecule is CSCC(=O)NCC1CCC(Br)C1. The summed E-state index contributed by atoms with van der Waals surface area (Å²) in [6.07, 6.45) is 5.65. The van der Waals surface area contributed by atoms with E-state index in [9.17, 15) is 4.79 Å². The zero-order valence-electron chi connectivity index (χ0n) is 7.88. The summed E-state index contributed by atoms with van der Waals surface area (Å²) in [7, 11) is 0. The Bertz CT molecular complexity index is 177. The van der Waals surface area contributed by atoms with E-state index in [0.717, 1.165) is 6.54 Å². The maximum Gasteiger partial charge on any atom is 0.229 e. The van der Waals surface area contributed by atoms with Crippen molar-refractivity contribution < 1.29 is 4.79 Å². The second-order valence-corrected chi connectivity index (χ2v) is 5.67. The molecule has 1 fully saturated rings. The molecule has 2 atom stereocenters. The van der Waals surface area contributed by atoms with E-state index in [1.54, 1.807) is 11.8 Å². The number of alkyl halides is 1. The van der Waals surface area contributed by atoms with Crippen LogP contribution in [-0.2, 0) is 4.79 Å². The standard InChI is InChI=1S/C9H16BrNOS/c1-13-6-9(12)11-5-7-2-3-8(10)4-7/h7-8H,2-6H2,1H3,(H,11,12). The van der Waals surface area contributed by atoms with Gasteiger partial charge in [-0.3, -0.25) is 4.79 Å². The lowest BCUT2D eigenvalue weighted by Crippen LogP contribution is -2.29. The van der Waals surface area contributed by atoms with Crippen LogP contribution < -0.4 is 5.32 Å². The van der Waals surface area contributed by atoms with Crippen molar-refractivity contribution in [2.45, 2.75) is 24.1 Å². The third-order valence-corrected chi connectivity index (χ3v) is 3.72. The van der Waals surface area contributed by atoms with E-state index >= 15 is 0 Å². The highest BCUT2D eigenvalue weighted by atomic mass is 79.9. The van der Waals surface area contributed by atoms with E-state index in [2.05, 4.69) is 21.2 Å². The smallest absolute Gasteiger partial charge is 0.229 e. The van der Waals surface area contributed by atoms with Gasteiger partial charge in [0.1, 0.15) is 0 Å². The molecule has 0 radical (unpaired) electrons. The zero-order valence-corrected chi connectivity index (χ0v) is 10.3. The number of thioether (sulfide) groups is 1. The summed E-state index contributed by atoms with van der Waals surface area (Å²) in [4.78, 5) is 11.8. The van der Waals surface area contributed by atoms with Gasteiger partial charge in [0, 0.05) is 11.4 Å². The van der Waals surface area contributed by atoms with Gasteiger partial charge in [-0.05, 0) is 31.4 Å². The van der Waals surface area contributed by atoms with Crippen LogP contribution in [0, 0.1) is 5.92 Å².